The van der Waals surface area contributed by atoms with Crippen molar-refractivity contribution in [1.82, 2.24) is 4.90 Å². The molecular weight excluding hydrogens is 230 g/mol. The van der Waals surface area contributed by atoms with E-state index in [1.807, 2.05) is 18.2 Å². The third kappa shape index (κ3) is 2.08. The molecule has 0 aliphatic carbocycles. The zero-order chi connectivity index (χ0) is 13.1. The van der Waals surface area contributed by atoms with Crippen LogP contribution in [0.3, 0.4) is 0 Å². The lowest BCUT2D eigenvalue weighted by Gasteiger charge is -2.25. The minimum Gasteiger partial charge on any atom is -0.493 e. The number of likely N-dealkylation sites (N-methyl/N-ethyl adjacent to an activating group) is 1. The minimum absolute atomic E-state index is 0.190. The summed E-state index contributed by atoms with van der Waals surface area (Å²) in [5.74, 6) is 2.07. The number of aliphatic imine (C=N–C) groups is 1. The molecular formula is C13H19N3O2. The largest absolute Gasteiger partial charge is 0.493 e. The highest BCUT2D eigenvalue weighted by Crippen LogP contribution is 2.33. The van der Waals surface area contributed by atoms with Crippen LogP contribution in [0.1, 0.15) is 18.5 Å². The molecule has 0 aromatic heterocycles. The van der Waals surface area contributed by atoms with Crippen molar-refractivity contribution in [1.29, 1.82) is 0 Å². The van der Waals surface area contributed by atoms with Crippen LogP contribution in [0.2, 0.25) is 0 Å². The Bertz CT molecular complexity index is 460. The van der Waals surface area contributed by atoms with Gasteiger partial charge >= 0.3 is 0 Å². The Morgan fingerprint density at radius 3 is 2.67 bits per heavy atom. The van der Waals surface area contributed by atoms with E-state index in [1.165, 1.54) is 0 Å². The van der Waals surface area contributed by atoms with Crippen LogP contribution < -0.4 is 15.2 Å². The maximum atomic E-state index is 5.86. The lowest BCUT2D eigenvalue weighted by atomic mass is 10.1. The number of hydrogen-bond donors (Lipinski definition) is 1. The third-order valence-electron chi connectivity index (χ3n) is 3.23. The number of benzene rings is 1. The first kappa shape index (κ1) is 12.5. The van der Waals surface area contributed by atoms with Gasteiger partial charge < -0.3 is 20.1 Å². The smallest absolute Gasteiger partial charge is 0.191 e. The molecule has 98 valence electrons. The van der Waals surface area contributed by atoms with Gasteiger partial charge in [0, 0.05) is 6.54 Å². The molecule has 5 heteroatoms. The first-order valence-corrected chi connectivity index (χ1v) is 5.99. The van der Waals surface area contributed by atoms with Gasteiger partial charge in [0.15, 0.2) is 17.5 Å². The van der Waals surface area contributed by atoms with Gasteiger partial charge in [0.05, 0.1) is 26.8 Å². The van der Waals surface area contributed by atoms with E-state index in [0.29, 0.717) is 12.5 Å². The molecule has 0 saturated heterocycles. The molecule has 1 aliphatic heterocycles. The maximum absolute atomic E-state index is 5.86. The summed E-state index contributed by atoms with van der Waals surface area (Å²) in [5.41, 5.74) is 7.00. The first-order valence-electron chi connectivity index (χ1n) is 5.99. The van der Waals surface area contributed by atoms with Crippen molar-refractivity contribution in [3.05, 3.63) is 23.8 Å². The summed E-state index contributed by atoms with van der Waals surface area (Å²) in [6.07, 6.45) is 0. The molecule has 2 rings (SSSR count). The molecule has 0 fully saturated rings. The van der Waals surface area contributed by atoms with Crippen LogP contribution in [0.5, 0.6) is 11.5 Å². The molecule has 0 radical (unpaired) electrons. The van der Waals surface area contributed by atoms with Crippen molar-refractivity contribution in [2.45, 2.75) is 13.0 Å². The highest BCUT2D eigenvalue weighted by atomic mass is 16.5. The topological polar surface area (TPSA) is 60.1 Å². The third-order valence-corrected chi connectivity index (χ3v) is 3.23. The molecule has 0 saturated carbocycles. The average molecular weight is 249 g/mol. The van der Waals surface area contributed by atoms with Crippen molar-refractivity contribution in [3.8, 4) is 11.5 Å². The molecule has 1 aromatic rings. The van der Waals surface area contributed by atoms with Gasteiger partial charge in [-0.05, 0) is 24.6 Å². The Labute approximate surface area is 107 Å². The standard InChI is InChI=1S/C13H19N3O2/c1-4-16-10(8-15-13(16)14)9-5-6-11(17-2)12(7-9)18-3/h5-7,10H,4,8H2,1-3H3,(H2,14,15). The molecule has 0 spiro atoms. The highest BCUT2D eigenvalue weighted by molar-refractivity contribution is 5.80. The zero-order valence-corrected chi connectivity index (χ0v) is 11.0. The second-order valence-electron chi connectivity index (χ2n) is 4.12. The minimum atomic E-state index is 0.190. The molecule has 1 unspecified atom stereocenters. The van der Waals surface area contributed by atoms with E-state index in [9.17, 15) is 0 Å². The predicted octanol–water partition coefficient (Wildman–Crippen LogP) is 1.40. The molecule has 0 bridgehead atoms. The molecule has 1 atom stereocenters. The van der Waals surface area contributed by atoms with Gasteiger partial charge in [-0.25, -0.2) is 0 Å². The van der Waals surface area contributed by atoms with Crippen molar-refractivity contribution in [2.75, 3.05) is 27.3 Å². The van der Waals surface area contributed by atoms with E-state index in [0.717, 1.165) is 23.6 Å². The molecule has 1 heterocycles. The normalized spacial score (nSPS) is 18.7. The maximum Gasteiger partial charge on any atom is 0.191 e. The molecule has 5 nitrogen and oxygen atoms in total. The van der Waals surface area contributed by atoms with E-state index in [-0.39, 0.29) is 6.04 Å². The van der Waals surface area contributed by atoms with E-state index in [4.69, 9.17) is 15.2 Å². The number of hydrogen-bond acceptors (Lipinski definition) is 5. The highest BCUT2D eigenvalue weighted by Gasteiger charge is 2.26. The van der Waals surface area contributed by atoms with Crippen LogP contribution in [0, 0.1) is 0 Å². The van der Waals surface area contributed by atoms with Crippen molar-refractivity contribution in [2.24, 2.45) is 10.7 Å². The van der Waals surface area contributed by atoms with E-state index in [1.54, 1.807) is 14.2 Å². The Morgan fingerprint density at radius 1 is 1.33 bits per heavy atom. The summed E-state index contributed by atoms with van der Waals surface area (Å²) < 4.78 is 10.6. The van der Waals surface area contributed by atoms with Crippen LogP contribution in [-0.4, -0.2) is 38.2 Å². The lowest BCUT2D eigenvalue weighted by Crippen LogP contribution is -2.35. The van der Waals surface area contributed by atoms with Gasteiger partial charge in [-0.3, -0.25) is 4.99 Å². The van der Waals surface area contributed by atoms with Gasteiger partial charge in [0.2, 0.25) is 0 Å². The molecule has 18 heavy (non-hydrogen) atoms. The summed E-state index contributed by atoms with van der Waals surface area (Å²) in [7, 11) is 3.27. The monoisotopic (exact) mass is 249 g/mol. The number of methoxy groups -OCH3 is 2. The number of nitrogens with two attached hydrogens (primary N) is 1. The van der Waals surface area contributed by atoms with Crippen LogP contribution in [0.25, 0.3) is 0 Å². The van der Waals surface area contributed by atoms with E-state index < -0.39 is 0 Å². The number of rotatable bonds is 4. The van der Waals surface area contributed by atoms with E-state index in [2.05, 4.69) is 16.8 Å². The van der Waals surface area contributed by atoms with Crippen LogP contribution in [0.15, 0.2) is 23.2 Å². The SMILES string of the molecule is CCN1C(N)=NCC1c1ccc(OC)c(OC)c1. The molecule has 1 aliphatic rings. The van der Waals surface area contributed by atoms with Gasteiger partial charge in [0.25, 0.3) is 0 Å². The number of guanidine groups is 1. The fraction of sp³-hybridized carbons (Fsp3) is 0.462. The molecule has 0 amide bonds. The van der Waals surface area contributed by atoms with Crippen LogP contribution in [-0.2, 0) is 0 Å². The van der Waals surface area contributed by atoms with Gasteiger partial charge in [-0.1, -0.05) is 6.07 Å². The van der Waals surface area contributed by atoms with Crippen molar-refractivity contribution < 1.29 is 9.47 Å². The fourth-order valence-electron chi connectivity index (χ4n) is 2.26. The van der Waals surface area contributed by atoms with Crippen LogP contribution >= 0.6 is 0 Å². The quantitative estimate of drug-likeness (QED) is 0.876. The van der Waals surface area contributed by atoms with E-state index >= 15 is 0 Å². The average Bonchev–Trinajstić information content (AvgIpc) is 2.78. The Morgan fingerprint density at radius 2 is 2.06 bits per heavy atom. The Kier molecular flexibility index (Phi) is 3.60. The van der Waals surface area contributed by atoms with Gasteiger partial charge in [-0.2, -0.15) is 0 Å². The second-order valence-corrected chi connectivity index (χ2v) is 4.12. The Balaban J connectivity index is 2.29. The van der Waals surface area contributed by atoms with Crippen LogP contribution in [0.4, 0.5) is 0 Å². The lowest BCUT2D eigenvalue weighted by molar-refractivity contribution is 0.345. The van der Waals surface area contributed by atoms with Gasteiger partial charge in [-0.15, -0.1) is 0 Å². The first-order chi connectivity index (χ1) is 8.71. The summed E-state index contributed by atoms with van der Waals surface area (Å²) in [6, 6.07) is 6.12. The Hall–Kier alpha value is -1.91. The molecule has 1 aromatic carbocycles. The summed E-state index contributed by atoms with van der Waals surface area (Å²) in [6.45, 7) is 3.60. The zero-order valence-electron chi connectivity index (χ0n) is 11.0. The summed E-state index contributed by atoms with van der Waals surface area (Å²) in [5, 5.41) is 0. The number of nitrogens with zero attached hydrogens (tertiary/aromatic N) is 2. The fourth-order valence-corrected chi connectivity index (χ4v) is 2.26. The van der Waals surface area contributed by atoms with Crippen molar-refractivity contribution >= 4 is 5.96 Å². The summed E-state index contributed by atoms with van der Waals surface area (Å²) in [4.78, 5) is 6.38. The summed E-state index contributed by atoms with van der Waals surface area (Å²) >= 11 is 0. The van der Waals surface area contributed by atoms with Gasteiger partial charge in [0.1, 0.15) is 0 Å². The number of ether oxygens (including phenoxy) is 2. The molecule has 2 N–H and O–H groups in total. The predicted molar refractivity (Wildman–Crippen MR) is 71.2 cm³/mol. The second kappa shape index (κ2) is 5.16. The van der Waals surface area contributed by atoms with Crippen molar-refractivity contribution in [3.63, 3.8) is 0 Å².